The number of halogens is 4. The van der Waals surface area contributed by atoms with E-state index in [-0.39, 0.29) is 10.7 Å². The first-order chi connectivity index (χ1) is 11.6. The lowest BCUT2D eigenvalue weighted by Crippen LogP contribution is -2.12. The number of aromatic nitrogens is 1. The van der Waals surface area contributed by atoms with E-state index in [4.69, 9.17) is 11.6 Å². The van der Waals surface area contributed by atoms with Crippen LogP contribution in [-0.2, 0) is 6.18 Å². The Balaban J connectivity index is 2.53. The highest BCUT2D eigenvalue weighted by atomic mass is 35.5. The van der Waals surface area contributed by atoms with Crippen LogP contribution in [0, 0.1) is 0 Å². The zero-order valence-corrected chi connectivity index (χ0v) is 14.8. The molecule has 2 rings (SSSR count). The molecule has 0 spiro atoms. The molecule has 0 bridgehead atoms. The number of rotatable bonds is 3. The van der Waals surface area contributed by atoms with Crippen LogP contribution in [0.1, 0.15) is 32.0 Å². The maximum atomic E-state index is 12.8. The Hall–Kier alpha value is -2.21. The normalized spacial score (nSPS) is 17.8. The molecule has 0 amide bonds. The largest absolute Gasteiger partial charge is 0.417 e. The number of hydrogen-bond donors (Lipinski definition) is 0. The average Bonchev–Trinajstić information content (AvgIpc) is 2.54. The van der Waals surface area contributed by atoms with Crippen molar-refractivity contribution in [2.45, 2.75) is 26.9 Å². The molecule has 0 saturated carbocycles. The van der Waals surface area contributed by atoms with Crippen LogP contribution >= 0.6 is 11.6 Å². The van der Waals surface area contributed by atoms with E-state index < -0.39 is 11.7 Å². The summed E-state index contributed by atoms with van der Waals surface area (Å²) < 4.78 is 38.4. The summed E-state index contributed by atoms with van der Waals surface area (Å²) in [5, 5.41) is -0.0842. The van der Waals surface area contributed by atoms with Crippen LogP contribution in [0.5, 0.6) is 0 Å². The first kappa shape index (κ1) is 19.1. The van der Waals surface area contributed by atoms with Crippen molar-refractivity contribution in [3.05, 3.63) is 58.5 Å². The van der Waals surface area contributed by atoms with Crippen LogP contribution in [0.4, 0.5) is 13.2 Å². The van der Waals surface area contributed by atoms with Gasteiger partial charge in [-0.2, -0.15) is 13.2 Å². The Morgan fingerprint density at radius 3 is 2.48 bits per heavy atom. The topological polar surface area (TPSA) is 37.6 Å². The van der Waals surface area contributed by atoms with Gasteiger partial charge in [0, 0.05) is 11.8 Å². The van der Waals surface area contributed by atoms with Gasteiger partial charge in [-0.15, -0.1) is 0 Å². The molecule has 0 fully saturated rings. The summed E-state index contributed by atoms with van der Waals surface area (Å²) in [5.41, 5.74) is 2.97. The van der Waals surface area contributed by atoms with Crippen molar-refractivity contribution in [2.24, 2.45) is 9.98 Å². The second-order valence-corrected chi connectivity index (χ2v) is 5.99. The summed E-state index contributed by atoms with van der Waals surface area (Å²) in [6.07, 6.45) is -0.399. The average molecular weight is 368 g/mol. The van der Waals surface area contributed by atoms with E-state index in [1.54, 1.807) is 19.1 Å². The molecule has 0 unspecified atom stereocenters. The third kappa shape index (κ3) is 4.45. The van der Waals surface area contributed by atoms with Gasteiger partial charge in [0.05, 0.1) is 39.9 Å². The summed E-state index contributed by atoms with van der Waals surface area (Å²) in [6.45, 7) is 9.59. The van der Waals surface area contributed by atoms with Crippen molar-refractivity contribution >= 4 is 28.6 Å². The highest BCUT2D eigenvalue weighted by Gasteiger charge is 2.31. The van der Waals surface area contributed by atoms with Crippen LogP contribution in [0.2, 0.25) is 5.02 Å². The van der Waals surface area contributed by atoms with Gasteiger partial charge in [0.15, 0.2) is 0 Å². The van der Waals surface area contributed by atoms with Crippen molar-refractivity contribution in [3.63, 3.8) is 0 Å². The maximum Gasteiger partial charge on any atom is 0.417 e. The monoisotopic (exact) mass is 367 g/mol. The van der Waals surface area contributed by atoms with Crippen molar-refractivity contribution in [1.29, 1.82) is 0 Å². The Labute approximate surface area is 149 Å². The van der Waals surface area contributed by atoms with Crippen molar-refractivity contribution in [3.8, 4) is 0 Å². The lowest BCUT2D eigenvalue weighted by atomic mass is 10.0. The van der Waals surface area contributed by atoms with Gasteiger partial charge in [-0.1, -0.05) is 24.3 Å². The second kappa shape index (κ2) is 7.35. The number of pyridine rings is 1. The summed E-state index contributed by atoms with van der Waals surface area (Å²) in [4.78, 5) is 12.7. The van der Waals surface area contributed by atoms with Gasteiger partial charge in [-0.25, -0.2) is 0 Å². The van der Waals surface area contributed by atoms with Gasteiger partial charge < -0.3 is 0 Å². The Morgan fingerprint density at radius 2 is 1.96 bits per heavy atom. The molecule has 7 heteroatoms. The molecule has 0 aromatic carbocycles. The quantitative estimate of drug-likeness (QED) is 0.647. The molecule has 1 aliphatic rings. The predicted molar refractivity (Wildman–Crippen MR) is 96.2 cm³/mol. The van der Waals surface area contributed by atoms with Gasteiger partial charge in [0.25, 0.3) is 0 Å². The first-order valence-electron chi connectivity index (χ1n) is 7.47. The molecular weight excluding hydrogens is 351 g/mol. The third-order valence-electron chi connectivity index (χ3n) is 3.78. The van der Waals surface area contributed by atoms with Crippen LogP contribution in [0.3, 0.4) is 0 Å². The van der Waals surface area contributed by atoms with E-state index in [1.165, 1.54) is 0 Å². The zero-order chi connectivity index (χ0) is 18.8. The van der Waals surface area contributed by atoms with Crippen LogP contribution in [0.15, 0.2) is 52.2 Å². The van der Waals surface area contributed by atoms with Gasteiger partial charge >= 0.3 is 6.18 Å². The summed E-state index contributed by atoms with van der Waals surface area (Å²) in [6, 6.07) is 0.871. The number of nitrogens with zero attached hydrogens (tertiary/aromatic N) is 3. The molecule has 0 aliphatic carbocycles. The standard InChI is InChI=1S/C18H17ClF3N3/c1-5-10(2)15(7-14-9-23-11(3)12(4)25-14)17-16(19)6-13(8-24-17)18(20,21)22/h5-8H,1,9H2,2-4H3/b14-7?,15-10+. The number of hydrogen-bond acceptors (Lipinski definition) is 3. The predicted octanol–water partition coefficient (Wildman–Crippen LogP) is 5.53. The summed E-state index contributed by atoms with van der Waals surface area (Å²) in [7, 11) is 0. The van der Waals surface area contributed by atoms with E-state index >= 15 is 0 Å². The van der Waals surface area contributed by atoms with Gasteiger partial charge in [-0.05, 0) is 38.5 Å². The Kier molecular flexibility index (Phi) is 5.62. The molecular formula is C18H17ClF3N3. The fourth-order valence-corrected chi connectivity index (χ4v) is 2.43. The molecule has 0 N–H and O–H groups in total. The minimum Gasteiger partial charge on any atom is -0.282 e. The molecule has 0 saturated heterocycles. The molecule has 1 aromatic heterocycles. The Bertz CT molecular complexity index is 830. The van der Waals surface area contributed by atoms with E-state index in [0.717, 1.165) is 29.3 Å². The fourth-order valence-electron chi connectivity index (χ4n) is 2.16. The summed E-state index contributed by atoms with van der Waals surface area (Å²) >= 11 is 6.08. The van der Waals surface area contributed by atoms with Crippen molar-refractivity contribution in [1.82, 2.24) is 4.98 Å². The summed E-state index contributed by atoms with van der Waals surface area (Å²) in [5.74, 6) is 0. The molecule has 1 aliphatic heterocycles. The van der Waals surface area contributed by atoms with Gasteiger partial charge in [0.1, 0.15) is 0 Å². The molecule has 3 nitrogen and oxygen atoms in total. The number of allylic oxidation sites excluding steroid dienone is 4. The molecule has 132 valence electrons. The molecule has 25 heavy (non-hydrogen) atoms. The van der Waals surface area contributed by atoms with Gasteiger partial charge in [0.2, 0.25) is 0 Å². The molecule has 0 atom stereocenters. The van der Waals surface area contributed by atoms with Crippen molar-refractivity contribution in [2.75, 3.05) is 6.54 Å². The lowest BCUT2D eigenvalue weighted by Gasteiger charge is -2.14. The van der Waals surface area contributed by atoms with E-state index in [9.17, 15) is 13.2 Å². The lowest BCUT2D eigenvalue weighted by molar-refractivity contribution is -0.137. The fraction of sp³-hybridized carbons (Fsp3) is 0.278. The van der Waals surface area contributed by atoms with Crippen molar-refractivity contribution < 1.29 is 13.2 Å². The minimum absolute atomic E-state index is 0.0842. The SMILES string of the molecule is C=C/C(C)=C(\C=C1CN=C(C)C(C)=N1)c1ncc(C(F)(F)F)cc1Cl. The third-order valence-corrected chi connectivity index (χ3v) is 4.07. The van der Waals surface area contributed by atoms with Crippen LogP contribution in [-0.4, -0.2) is 23.0 Å². The highest BCUT2D eigenvalue weighted by molar-refractivity contribution is 6.41. The first-order valence-corrected chi connectivity index (χ1v) is 7.85. The molecule has 2 heterocycles. The van der Waals surface area contributed by atoms with E-state index in [1.807, 2.05) is 13.8 Å². The minimum atomic E-state index is -4.50. The van der Waals surface area contributed by atoms with Crippen LogP contribution in [0.25, 0.3) is 5.57 Å². The smallest absolute Gasteiger partial charge is 0.282 e. The molecule has 1 aromatic rings. The second-order valence-electron chi connectivity index (χ2n) is 5.59. The Morgan fingerprint density at radius 1 is 1.28 bits per heavy atom. The zero-order valence-electron chi connectivity index (χ0n) is 14.1. The van der Waals surface area contributed by atoms with E-state index in [0.29, 0.717) is 17.8 Å². The highest BCUT2D eigenvalue weighted by Crippen LogP contribution is 2.34. The van der Waals surface area contributed by atoms with Gasteiger partial charge in [-0.3, -0.25) is 15.0 Å². The van der Waals surface area contributed by atoms with Crippen LogP contribution < -0.4 is 0 Å². The van der Waals surface area contributed by atoms with E-state index in [2.05, 4.69) is 21.5 Å². The maximum absolute atomic E-state index is 12.8. The number of alkyl halides is 3. The molecule has 0 radical (unpaired) electrons. The number of aliphatic imine (C=N–C) groups is 2.